The van der Waals surface area contributed by atoms with Crippen molar-refractivity contribution in [2.75, 3.05) is 56.3 Å². The summed E-state index contributed by atoms with van der Waals surface area (Å²) in [7, 11) is 3.36. The number of rotatable bonds is 13. The predicted octanol–water partition coefficient (Wildman–Crippen LogP) is 4.30. The molecular formula is C25H30F3N7O3. The van der Waals surface area contributed by atoms with Crippen LogP contribution in [0.2, 0.25) is 0 Å². The van der Waals surface area contributed by atoms with Gasteiger partial charge in [-0.1, -0.05) is 6.07 Å². The maximum atomic E-state index is 13.6. The van der Waals surface area contributed by atoms with Crippen molar-refractivity contribution in [3.63, 3.8) is 0 Å². The van der Waals surface area contributed by atoms with Gasteiger partial charge in [0.2, 0.25) is 5.88 Å². The number of methoxy groups -OCH3 is 1. The summed E-state index contributed by atoms with van der Waals surface area (Å²) >= 11 is 0. The molecule has 0 saturated carbocycles. The molecule has 0 fully saturated rings. The van der Waals surface area contributed by atoms with Gasteiger partial charge in [-0.05, 0) is 49.0 Å². The van der Waals surface area contributed by atoms with Crippen molar-refractivity contribution in [1.29, 1.82) is 0 Å². The molecule has 0 aliphatic rings. The van der Waals surface area contributed by atoms with Crippen LogP contribution in [0.1, 0.15) is 11.1 Å². The van der Waals surface area contributed by atoms with Gasteiger partial charge in [0.25, 0.3) is 0 Å². The molecule has 3 rings (SSSR count). The molecular weight excluding hydrogens is 503 g/mol. The number of alkyl halides is 3. The second kappa shape index (κ2) is 14.1. The summed E-state index contributed by atoms with van der Waals surface area (Å²) in [6.07, 6.45) is -3.20. The van der Waals surface area contributed by atoms with Gasteiger partial charge in [-0.25, -0.2) is 14.8 Å². The van der Waals surface area contributed by atoms with E-state index in [1.54, 1.807) is 44.5 Å². The molecule has 0 atom stereocenters. The van der Waals surface area contributed by atoms with Crippen LogP contribution < -0.4 is 31.3 Å². The summed E-state index contributed by atoms with van der Waals surface area (Å²) in [5, 5.41) is 14.0. The van der Waals surface area contributed by atoms with Gasteiger partial charge >= 0.3 is 12.2 Å². The average Bonchev–Trinajstić information content (AvgIpc) is 2.88. The Morgan fingerprint density at radius 3 is 2.39 bits per heavy atom. The fourth-order valence-electron chi connectivity index (χ4n) is 3.30. The molecule has 1 aromatic heterocycles. The third-order valence-corrected chi connectivity index (χ3v) is 5.13. The average molecular weight is 534 g/mol. The van der Waals surface area contributed by atoms with E-state index in [0.717, 1.165) is 6.07 Å². The van der Waals surface area contributed by atoms with Crippen LogP contribution in [0.15, 0.2) is 54.9 Å². The number of nitrogens with zero attached hydrogens (tertiary/aromatic N) is 2. The zero-order valence-corrected chi connectivity index (χ0v) is 21.0. The number of benzene rings is 2. The molecule has 3 aromatic rings. The molecule has 0 aliphatic heterocycles. The number of amides is 2. The van der Waals surface area contributed by atoms with E-state index >= 15 is 0 Å². The zero-order chi connectivity index (χ0) is 27.4. The molecule has 0 bridgehead atoms. The van der Waals surface area contributed by atoms with E-state index in [-0.39, 0.29) is 17.8 Å². The zero-order valence-electron chi connectivity index (χ0n) is 21.0. The molecule has 10 nitrogen and oxygen atoms in total. The Morgan fingerprint density at radius 1 is 0.947 bits per heavy atom. The van der Waals surface area contributed by atoms with Crippen molar-refractivity contribution in [1.82, 2.24) is 20.6 Å². The first-order valence-corrected chi connectivity index (χ1v) is 11.7. The Kier molecular flexibility index (Phi) is 10.6. The topological polar surface area (TPSA) is 121 Å². The lowest BCUT2D eigenvalue weighted by atomic mass is 10.1. The minimum Gasteiger partial charge on any atom is -0.439 e. The molecule has 13 heteroatoms. The first kappa shape index (κ1) is 28.6. The Balaban J connectivity index is 1.57. The first-order chi connectivity index (χ1) is 18.3. The highest BCUT2D eigenvalue weighted by Gasteiger charge is 2.33. The van der Waals surface area contributed by atoms with Gasteiger partial charge < -0.3 is 36.1 Å². The number of hydrogen-bond donors (Lipinski definition) is 5. The number of nitrogens with one attached hydrogen (secondary N) is 5. The van der Waals surface area contributed by atoms with Gasteiger partial charge in [-0.3, -0.25) is 0 Å². The number of carbonyl (C=O) groups excluding carboxylic acids is 1. The van der Waals surface area contributed by atoms with Crippen molar-refractivity contribution in [2.24, 2.45) is 0 Å². The molecule has 0 radical (unpaired) electrons. The number of anilines is 3. The summed E-state index contributed by atoms with van der Waals surface area (Å²) in [4.78, 5) is 20.6. The number of carbonyl (C=O) groups is 1. The number of likely N-dealkylation sites (N-methyl/N-ethyl adjacent to an activating group) is 1. The van der Waals surface area contributed by atoms with Crippen LogP contribution >= 0.6 is 0 Å². The van der Waals surface area contributed by atoms with Gasteiger partial charge in [-0.2, -0.15) is 13.2 Å². The molecule has 0 spiro atoms. The minimum absolute atomic E-state index is 0.0208. The van der Waals surface area contributed by atoms with Crippen LogP contribution in [0, 0.1) is 0 Å². The molecule has 1 heterocycles. The van der Waals surface area contributed by atoms with E-state index < -0.39 is 17.8 Å². The SMILES string of the molecule is CNCCNCc1ccc(NC(=O)Nc2ccc(Oc3cc(NCCOC)ncn3)cc2)cc1C(F)(F)F. The lowest BCUT2D eigenvalue weighted by Crippen LogP contribution is -2.26. The second-order valence-corrected chi connectivity index (χ2v) is 8.02. The predicted molar refractivity (Wildman–Crippen MR) is 139 cm³/mol. The van der Waals surface area contributed by atoms with E-state index in [1.807, 2.05) is 0 Å². The summed E-state index contributed by atoms with van der Waals surface area (Å²) in [6, 6.07) is 11.1. The van der Waals surface area contributed by atoms with Gasteiger partial charge in [0.1, 0.15) is 17.9 Å². The van der Waals surface area contributed by atoms with Gasteiger partial charge in [-0.15, -0.1) is 0 Å². The summed E-state index contributed by atoms with van der Waals surface area (Å²) < 4.78 is 51.4. The maximum absolute atomic E-state index is 13.6. The van der Waals surface area contributed by atoms with Crippen LogP contribution in [0.25, 0.3) is 0 Å². The maximum Gasteiger partial charge on any atom is 0.416 e. The van der Waals surface area contributed by atoms with Crippen molar-refractivity contribution in [3.05, 3.63) is 66.0 Å². The van der Waals surface area contributed by atoms with Gasteiger partial charge in [0.05, 0.1) is 12.2 Å². The smallest absolute Gasteiger partial charge is 0.416 e. The number of aromatic nitrogens is 2. The lowest BCUT2D eigenvalue weighted by molar-refractivity contribution is -0.138. The Hall–Kier alpha value is -3.94. The molecule has 5 N–H and O–H groups in total. The van der Waals surface area contributed by atoms with E-state index in [2.05, 4.69) is 36.6 Å². The molecule has 2 amide bonds. The molecule has 0 aliphatic carbocycles. The monoisotopic (exact) mass is 533 g/mol. The second-order valence-electron chi connectivity index (χ2n) is 8.02. The molecule has 0 saturated heterocycles. The number of ether oxygens (including phenoxy) is 2. The molecule has 2 aromatic carbocycles. The molecule has 38 heavy (non-hydrogen) atoms. The van der Waals surface area contributed by atoms with E-state index in [0.29, 0.717) is 49.4 Å². The number of halogens is 3. The third-order valence-electron chi connectivity index (χ3n) is 5.13. The van der Waals surface area contributed by atoms with Gasteiger partial charge in [0, 0.05) is 50.7 Å². The van der Waals surface area contributed by atoms with Crippen molar-refractivity contribution >= 4 is 23.2 Å². The Morgan fingerprint density at radius 2 is 1.68 bits per heavy atom. The van der Waals surface area contributed by atoms with Crippen LogP contribution in [-0.2, 0) is 17.5 Å². The summed E-state index contributed by atoms with van der Waals surface area (Å²) in [5.41, 5.74) is -0.277. The standard InChI is InChI=1S/C25H30F3N7O3/c1-29-9-10-30-15-17-3-4-19(13-21(17)25(26,27)28)35-24(36)34-18-5-7-20(8-6-18)38-23-14-22(32-16-33-23)31-11-12-37-2/h3-8,13-14,16,29-30H,9-12,15H2,1-2H3,(H,31,32,33)(H2,34,35,36). The summed E-state index contributed by atoms with van der Waals surface area (Å²) in [6.45, 7) is 2.30. The van der Waals surface area contributed by atoms with E-state index in [9.17, 15) is 18.0 Å². The fraction of sp³-hybridized carbons (Fsp3) is 0.320. The highest BCUT2D eigenvalue weighted by atomic mass is 19.4. The van der Waals surface area contributed by atoms with Crippen LogP contribution in [0.3, 0.4) is 0 Å². The Bertz CT molecular complexity index is 1180. The number of urea groups is 1. The van der Waals surface area contributed by atoms with Crippen LogP contribution in [-0.4, -0.2) is 56.4 Å². The largest absolute Gasteiger partial charge is 0.439 e. The van der Waals surface area contributed by atoms with Crippen molar-refractivity contribution in [2.45, 2.75) is 12.7 Å². The van der Waals surface area contributed by atoms with E-state index in [4.69, 9.17) is 9.47 Å². The fourth-order valence-corrected chi connectivity index (χ4v) is 3.30. The number of hydrogen-bond acceptors (Lipinski definition) is 8. The minimum atomic E-state index is -4.56. The molecule has 204 valence electrons. The highest BCUT2D eigenvalue weighted by molar-refractivity contribution is 5.99. The van der Waals surface area contributed by atoms with Crippen LogP contribution in [0.5, 0.6) is 11.6 Å². The van der Waals surface area contributed by atoms with E-state index in [1.165, 1.54) is 18.5 Å². The first-order valence-electron chi connectivity index (χ1n) is 11.7. The lowest BCUT2D eigenvalue weighted by Gasteiger charge is -2.16. The van der Waals surface area contributed by atoms with Crippen LogP contribution in [0.4, 0.5) is 35.2 Å². The quantitative estimate of drug-likeness (QED) is 0.206. The summed E-state index contributed by atoms with van der Waals surface area (Å²) in [5.74, 6) is 1.36. The van der Waals surface area contributed by atoms with Gasteiger partial charge in [0.15, 0.2) is 0 Å². The third kappa shape index (κ3) is 9.18. The highest BCUT2D eigenvalue weighted by Crippen LogP contribution is 2.34. The Labute approximate surface area is 218 Å². The molecule has 0 unspecified atom stereocenters. The van der Waals surface area contributed by atoms with Crippen molar-refractivity contribution in [3.8, 4) is 11.6 Å². The van der Waals surface area contributed by atoms with Crippen molar-refractivity contribution < 1.29 is 27.4 Å². The normalized spacial score (nSPS) is 11.2.